The Morgan fingerprint density at radius 1 is 1.30 bits per heavy atom. The first-order valence-electron chi connectivity index (χ1n) is 10.4. The molecular weight excluding hydrogens is 416 g/mol. The largest absolute Gasteiger partial charge is 0.357 e. The zero-order valence-corrected chi connectivity index (χ0v) is 19.8. The first kappa shape index (κ1) is 22.6. The Hall–Kier alpha value is -2.11. The highest BCUT2D eigenvalue weighted by molar-refractivity contribution is 8.26. The van der Waals surface area contributed by atoms with Crippen molar-refractivity contribution in [2.24, 2.45) is 5.92 Å². The summed E-state index contributed by atoms with van der Waals surface area (Å²) in [6.07, 6.45) is 3.93. The van der Waals surface area contributed by atoms with Gasteiger partial charge in [-0.2, -0.15) is 5.26 Å². The van der Waals surface area contributed by atoms with E-state index in [4.69, 9.17) is 12.2 Å². The lowest BCUT2D eigenvalue weighted by molar-refractivity contribution is -0.123. The van der Waals surface area contributed by atoms with Gasteiger partial charge in [-0.1, -0.05) is 30.9 Å². The van der Waals surface area contributed by atoms with Gasteiger partial charge in [-0.05, 0) is 58.1 Å². The van der Waals surface area contributed by atoms with E-state index in [1.54, 1.807) is 16.4 Å². The van der Waals surface area contributed by atoms with E-state index < -0.39 is 0 Å². The van der Waals surface area contributed by atoms with Crippen molar-refractivity contribution in [3.63, 3.8) is 0 Å². The fourth-order valence-electron chi connectivity index (χ4n) is 4.05. The van der Waals surface area contributed by atoms with Crippen molar-refractivity contribution in [3.8, 4) is 6.07 Å². The summed E-state index contributed by atoms with van der Waals surface area (Å²) < 4.78 is 2.22. The SMILES string of the molecule is CCn1c(N2CCC(C)CC2)c(/C=C2\SC(=S)N(C(C)C)C2=O)c(C)c(C#N)c1=O. The molecule has 0 aromatic carbocycles. The highest BCUT2D eigenvalue weighted by Gasteiger charge is 2.35. The number of amides is 1. The lowest BCUT2D eigenvalue weighted by Crippen LogP contribution is -2.39. The Morgan fingerprint density at radius 2 is 1.93 bits per heavy atom. The van der Waals surface area contributed by atoms with Crippen LogP contribution in [0.4, 0.5) is 5.82 Å². The molecule has 0 spiro atoms. The first-order chi connectivity index (χ1) is 14.2. The van der Waals surface area contributed by atoms with Gasteiger partial charge in [0.1, 0.15) is 21.8 Å². The van der Waals surface area contributed by atoms with Gasteiger partial charge in [0.25, 0.3) is 11.5 Å². The summed E-state index contributed by atoms with van der Waals surface area (Å²) >= 11 is 6.70. The van der Waals surface area contributed by atoms with Crippen LogP contribution in [0.15, 0.2) is 9.70 Å². The molecule has 2 aliphatic rings. The lowest BCUT2D eigenvalue weighted by atomic mass is 9.97. The van der Waals surface area contributed by atoms with E-state index in [1.165, 1.54) is 11.8 Å². The Bertz CT molecular complexity index is 1010. The monoisotopic (exact) mass is 444 g/mol. The molecule has 0 bridgehead atoms. The highest BCUT2D eigenvalue weighted by atomic mass is 32.2. The summed E-state index contributed by atoms with van der Waals surface area (Å²) in [6, 6.07) is 2.06. The van der Waals surface area contributed by atoms with E-state index in [0.717, 1.165) is 37.3 Å². The minimum atomic E-state index is -0.266. The van der Waals surface area contributed by atoms with Crippen molar-refractivity contribution < 1.29 is 4.79 Å². The molecule has 1 aromatic heterocycles. The molecule has 0 saturated carbocycles. The van der Waals surface area contributed by atoms with Crippen LogP contribution in [-0.2, 0) is 11.3 Å². The molecule has 0 N–H and O–H groups in total. The summed E-state index contributed by atoms with van der Waals surface area (Å²) in [7, 11) is 0. The van der Waals surface area contributed by atoms with Crippen molar-refractivity contribution in [2.45, 2.75) is 60.0 Å². The summed E-state index contributed by atoms with van der Waals surface area (Å²) in [5.74, 6) is 1.33. The number of carbonyl (C=O) groups excluding carboxylic acids is 1. The maximum Gasteiger partial charge on any atom is 0.270 e. The third-order valence-corrected chi connectivity index (χ3v) is 7.19. The standard InChI is InChI=1S/C22H28N4O2S2/c1-6-25-19(24-9-7-14(4)8-10-24)16(15(5)17(12-23)20(25)27)11-18-21(28)26(13(2)3)22(29)30-18/h11,13-14H,6-10H2,1-5H3/b18-11-. The molecule has 2 fully saturated rings. The van der Waals surface area contributed by atoms with E-state index in [1.807, 2.05) is 26.8 Å². The normalized spacial score (nSPS) is 19.3. The number of piperidine rings is 1. The third kappa shape index (κ3) is 3.93. The van der Waals surface area contributed by atoms with Crippen LogP contribution in [0.5, 0.6) is 0 Å². The minimum absolute atomic E-state index is 0.0215. The van der Waals surface area contributed by atoms with Crippen molar-refractivity contribution in [1.82, 2.24) is 9.47 Å². The van der Waals surface area contributed by atoms with E-state index in [-0.39, 0.29) is 23.1 Å². The molecule has 2 saturated heterocycles. The predicted molar refractivity (Wildman–Crippen MR) is 127 cm³/mol. The number of carbonyl (C=O) groups is 1. The summed E-state index contributed by atoms with van der Waals surface area (Å²) in [5, 5.41) is 9.65. The van der Waals surface area contributed by atoms with Crippen molar-refractivity contribution >= 4 is 46.1 Å². The number of thiocarbonyl (C=S) groups is 1. The second kappa shape index (κ2) is 8.94. The number of thioether (sulfide) groups is 1. The molecule has 1 amide bonds. The second-order valence-electron chi connectivity index (χ2n) is 8.21. The van der Waals surface area contributed by atoms with E-state index in [9.17, 15) is 14.9 Å². The average molecular weight is 445 g/mol. The summed E-state index contributed by atoms with van der Waals surface area (Å²) in [6.45, 7) is 12.0. The van der Waals surface area contributed by atoms with Gasteiger partial charge in [0, 0.05) is 31.2 Å². The van der Waals surface area contributed by atoms with Crippen LogP contribution >= 0.6 is 24.0 Å². The van der Waals surface area contributed by atoms with Crippen molar-refractivity contribution in [3.05, 3.63) is 31.9 Å². The Balaban J connectivity index is 2.23. The molecule has 0 unspecified atom stereocenters. The van der Waals surface area contributed by atoms with E-state index in [0.29, 0.717) is 27.3 Å². The average Bonchev–Trinajstić information content (AvgIpc) is 2.98. The molecule has 0 aliphatic carbocycles. The molecular formula is C22H28N4O2S2. The molecule has 0 radical (unpaired) electrons. The van der Waals surface area contributed by atoms with Gasteiger partial charge < -0.3 is 4.90 Å². The predicted octanol–water partition coefficient (Wildman–Crippen LogP) is 3.89. The van der Waals surface area contributed by atoms with Gasteiger partial charge in [0.2, 0.25) is 0 Å². The molecule has 8 heteroatoms. The third-order valence-electron chi connectivity index (χ3n) is 5.86. The minimum Gasteiger partial charge on any atom is -0.357 e. The van der Waals surface area contributed by atoms with Gasteiger partial charge in [-0.25, -0.2) is 0 Å². The fourth-order valence-corrected chi connectivity index (χ4v) is 5.56. The number of nitriles is 1. The summed E-state index contributed by atoms with van der Waals surface area (Å²) in [4.78, 5) is 30.4. The molecule has 1 aromatic rings. The molecule has 3 rings (SSSR count). The van der Waals surface area contributed by atoms with Gasteiger partial charge in [-0.15, -0.1) is 0 Å². The smallest absolute Gasteiger partial charge is 0.270 e. The number of pyridine rings is 1. The van der Waals surface area contributed by atoms with Crippen LogP contribution in [0.1, 0.15) is 57.2 Å². The van der Waals surface area contributed by atoms with Gasteiger partial charge in [0.05, 0.1) is 4.91 Å². The fraction of sp³-hybridized carbons (Fsp3) is 0.545. The maximum absolute atomic E-state index is 13.0. The van der Waals surface area contributed by atoms with Crippen LogP contribution in [0.2, 0.25) is 0 Å². The number of nitrogens with zero attached hydrogens (tertiary/aromatic N) is 4. The second-order valence-corrected chi connectivity index (χ2v) is 9.89. The van der Waals surface area contributed by atoms with E-state index in [2.05, 4.69) is 17.9 Å². The maximum atomic E-state index is 13.0. The van der Waals surface area contributed by atoms with Gasteiger partial charge in [0.15, 0.2) is 0 Å². The zero-order chi connectivity index (χ0) is 22.2. The Morgan fingerprint density at radius 3 is 2.43 bits per heavy atom. The number of hydrogen-bond donors (Lipinski definition) is 0. The summed E-state index contributed by atoms with van der Waals surface area (Å²) in [5.41, 5.74) is 1.26. The molecule has 160 valence electrons. The first-order valence-corrected chi connectivity index (χ1v) is 11.6. The number of rotatable bonds is 4. The van der Waals surface area contributed by atoms with Crippen molar-refractivity contribution in [1.29, 1.82) is 5.26 Å². The molecule has 6 nitrogen and oxygen atoms in total. The van der Waals surface area contributed by atoms with Crippen LogP contribution in [0, 0.1) is 24.2 Å². The molecule has 2 aliphatic heterocycles. The lowest BCUT2D eigenvalue weighted by Gasteiger charge is -2.35. The van der Waals surface area contributed by atoms with Crippen LogP contribution < -0.4 is 10.5 Å². The Labute approximate surface area is 187 Å². The topological polar surface area (TPSA) is 69.3 Å². The number of aromatic nitrogens is 1. The van der Waals surface area contributed by atoms with Gasteiger partial charge >= 0.3 is 0 Å². The molecule has 30 heavy (non-hydrogen) atoms. The van der Waals surface area contributed by atoms with Gasteiger partial charge in [-0.3, -0.25) is 19.1 Å². The van der Waals surface area contributed by atoms with Crippen molar-refractivity contribution in [2.75, 3.05) is 18.0 Å². The quantitative estimate of drug-likeness (QED) is 0.518. The van der Waals surface area contributed by atoms with Crippen LogP contribution in [0.25, 0.3) is 6.08 Å². The number of anilines is 1. The zero-order valence-electron chi connectivity index (χ0n) is 18.2. The highest BCUT2D eigenvalue weighted by Crippen LogP contribution is 2.37. The molecule has 3 heterocycles. The Kier molecular flexibility index (Phi) is 6.73. The van der Waals surface area contributed by atoms with E-state index >= 15 is 0 Å². The number of hydrogen-bond acceptors (Lipinski definition) is 6. The van der Waals surface area contributed by atoms with Crippen LogP contribution in [0.3, 0.4) is 0 Å². The molecule has 0 atom stereocenters. The van der Waals surface area contributed by atoms with Crippen LogP contribution in [-0.4, -0.2) is 38.8 Å².